The summed E-state index contributed by atoms with van der Waals surface area (Å²) in [6.45, 7) is 12.6. The maximum Gasteiger partial charge on any atom is 0.306 e. The molecule has 0 N–H and O–H groups in total. The van der Waals surface area contributed by atoms with Crippen molar-refractivity contribution in [1.29, 1.82) is 0 Å². The first kappa shape index (κ1) is 26.7. The predicted octanol–water partition coefficient (Wildman–Crippen LogP) is 5.20. The van der Waals surface area contributed by atoms with Gasteiger partial charge in [-0.05, 0) is 53.5 Å². The SMILES string of the molecule is CC(C)(C)OC(=O)CCC(C)(CCC(=O)OC(C)(C)C)/[N+]([O-])=C/CCc1ccccc1. The summed E-state index contributed by atoms with van der Waals surface area (Å²) in [5, 5.41) is 13.0. The molecule has 0 fully saturated rings. The number of carbonyl (C=O) groups is 2. The Morgan fingerprint density at radius 1 is 0.871 bits per heavy atom. The molecule has 0 aliphatic heterocycles. The molecule has 0 saturated carbocycles. The van der Waals surface area contributed by atoms with Gasteiger partial charge < -0.3 is 14.7 Å². The summed E-state index contributed by atoms with van der Waals surface area (Å²) >= 11 is 0. The number of hydrogen-bond acceptors (Lipinski definition) is 5. The van der Waals surface area contributed by atoms with Gasteiger partial charge in [0, 0.05) is 26.2 Å². The van der Waals surface area contributed by atoms with Crippen molar-refractivity contribution < 1.29 is 23.8 Å². The second-order valence-corrected chi connectivity index (χ2v) is 10.2. The normalized spacial score (nSPS) is 13.1. The number of ether oxygens (including phenoxy) is 2. The predicted molar refractivity (Wildman–Crippen MR) is 123 cm³/mol. The van der Waals surface area contributed by atoms with E-state index in [2.05, 4.69) is 0 Å². The highest BCUT2D eigenvalue weighted by Gasteiger charge is 2.35. The van der Waals surface area contributed by atoms with Gasteiger partial charge in [0.2, 0.25) is 0 Å². The van der Waals surface area contributed by atoms with E-state index in [1.807, 2.05) is 71.9 Å². The molecule has 0 aromatic heterocycles. The number of hydroxylamine groups is 1. The molecule has 0 radical (unpaired) electrons. The van der Waals surface area contributed by atoms with E-state index in [1.165, 1.54) is 0 Å². The van der Waals surface area contributed by atoms with Gasteiger partial charge in [0.05, 0.1) is 12.8 Å². The van der Waals surface area contributed by atoms with Crippen LogP contribution in [0.5, 0.6) is 0 Å². The Kier molecular flexibility index (Phi) is 9.72. The van der Waals surface area contributed by atoms with Crippen LogP contribution in [0, 0.1) is 5.21 Å². The van der Waals surface area contributed by atoms with Crippen molar-refractivity contribution in [3.63, 3.8) is 0 Å². The molecule has 0 spiro atoms. The van der Waals surface area contributed by atoms with Crippen molar-refractivity contribution in [1.82, 2.24) is 0 Å². The van der Waals surface area contributed by atoms with Crippen LogP contribution in [-0.4, -0.2) is 39.6 Å². The van der Waals surface area contributed by atoms with Gasteiger partial charge in [0.25, 0.3) is 0 Å². The standard InChI is InChI=1S/C25H39NO5/c1-23(2,3)30-21(27)15-17-25(7,18-16-22(28)31-24(4,5)6)26(29)19-11-14-20-12-9-8-10-13-20/h8-10,12-13,19H,11,14-18H2,1-7H3/b26-19-. The Morgan fingerprint density at radius 2 is 1.32 bits per heavy atom. The Labute approximate surface area is 187 Å². The lowest BCUT2D eigenvalue weighted by Gasteiger charge is -2.29. The molecule has 0 atom stereocenters. The fourth-order valence-electron chi connectivity index (χ4n) is 3.09. The average molecular weight is 434 g/mol. The number of aryl methyl sites for hydroxylation is 1. The molecule has 0 unspecified atom stereocenters. The Bertz CT molecular complexity index is 709. The summed E-state index contributed by atoms with van der Waals surface area (Å²) < 4.78 is 11.7. The molecule has 1 aromatic carbocycles. The Balaban J connectivity index is 2.84. The van der Waals surface area contributed by atoms with E-state index in [4.69, 9.17) is 9.47 Å². The van der Waals surface area contributed by atoms with Crippen molar-refractivity contribution in [2.75, 3.05) is 0 Å². The van der Waals surface area contributed by atoms with Crippen LogP contribution < -0.4 is 0 Å². The van der Waals surface area contributed by atoms with Crippen LogP contribution in [0.1, 0.15) is 86.1 Å². The average Bonchev–Trinajstić information content (AvgIpc) is 2.63. The van der Waals surface area contributed by atoms with Crippen molar-refractivity contribution in [2.24, 2.45) is 0 Å². The molecule has 0 bridgehead atoms. The lowest BCUT2D eigenvalue weighted by atomic mass is 9.90. The van der Waals surface area contributed by atoms with Gasteiger partial charge in [0.15, 0.2) is 11.8 Å². The summed E-state index contributed by atoms with van der Waals surface area (Å²) in [7, 11) is 0. The quantitative estimate of drug-likeness (QED) is 0.167. The van der Waals surface area contributed by atoms with Gasteiger partial charge in [-0.2, -0.15) is 0 Å². The largest absolute Gasteiger partial charge is 0.624 e. The van der Waals surface area contributed by atoms with Gasteiger partial charge in [-0.3, -0.25) is 9.59 Å². The number of hydrogen-bond donors (Lipinski definition) is 0. The smallest absolute Gasteiger partial charge is 0.306 e. The molecule has 0 aliphatic rings. The van der Waals surface area contributed by atoms with Crippen LogP contribution in [-0.2, 0) is 25.5 Å². The minimum atomic E-state index is -0.912. The van der Waals surface area contributed by atoms with Gasteiger partial charge in [-0.1, -0.05) is 30.3 Å². The van der Waals surface area contributed by atoms with Crippen molar-refractivity contribution in [3.05, 3.63) is 41.1 Å². The third kappa shape index (κ3) is 11.6. The third-order valence-electron chi connectivity index (χ3n) is 4.68. The first-order valence-corrected chi connectivity index (χ1v) is 11.0. The lowest BCUT2D eigenvalue weighted by molar-refractivity contribution is -0.545. The molecule has 0 amide bonds. The number of benzene rings is 1. The highest BCUT2D eigenvalue weighted by Crippen LogP contribution is 2.25. The zero-order valence-electron chi connectivity index (χ0n) is 20.2. The summed E-state index contributed by atoms with van der Waals surface area (Å²) in [6.07, 6.45) is 3.71. The van der Waals surface area contributed by atoms with Crippen LogP contribution >= 0.6 is 0 Å². The first-order chi connectivity index (χ1) is 14.2. The highest BCUT2D eigenvalue weighted by atomic mass is 16.6. The molecular weight excluding hydrogens is 394 g/mol. The second kappa shape index (κ2) is 11.3. The molecule has 0 saturated heterocycles. The molecular formula is C25H39NO5. The molecule has 31 heavy (non-hydrogen) atoms. The molecule has 174 valence electrons. The fraction of sp³-hybridized carbons (Fsp3) is 0.640. The first-order valence-electron chi connectivity index (χ1n) is 11.0. The second-order valence-electron chi connectivity index (χ2n) is 10.2. The molecule has 6 heteroatoms. The van der Waals surface area contributed by atoms with Crippen LogP contribution in [0.2, 0.25) is 0 Å². The van der Waals surface area contributed by atoms with Crippen molar-refractivity contribution in [2.45, 2.75) is 104 Å². The van der Waals surface area contributed by atoms with Gasteiger partial charge in [-0.25, -0.2) is 4.74 Å². The van der Waals surface area contributed by atoms with Gasteiger partial charge in [-0.15, -0.1) is 0 Å². The van der Waals surface area contributed by atoms with E-state index < -0.39 is 16.7 Å². The summed E-state index contributed by atoms with van der Waals surface area (Å²) in [5.41, 5.74) is -0.924. The minimum Gasteiger partial charge on any atom is -0.624 e. The number of carbonyl (C=O) groups excluding carboxylic acids is 2. The van der Waals surface area contributed by atoms with E-state index in [-0.39, 0.29) is 37.6 Å². The maximum absolute atomic E-state index is 13.0. The van der Waals surface area contributed by atoms with E-state index in [0.717, 1.165) is 16.7 Å². The third-order valence-corrected chi connectivity index (χ3v) is 4.68. The van der Waals surface area contributed by atoms with E-state index in [1.54, 1.807) is 13.1 Å². The molecule has 0 aliphatic carbocycles. The zero-order chi connectivity index (χ0) is 23.7. The van der Waals surface area contributed by atoms with Gasteiger partial charge in [0.1, 0.15) is 11.2 Å². The number of rotatable bonds is 10. The fourth-order valence-corrected chi connectivity index (χ4v) is 3.09. The van der Waals surface area contributed by atoms with Crippen LogP contribution in [0.3, 0.4) is 0 Å². The summed E-state index contributed by atoms with van der Waals surface area (Å²) in [5.74, 6) is -0.706. The van der Waals surface area contributed by atoms with Crippen molar-refractivity contribution in [3.8, 4) is 0 Å². The van der Waals surface area contributed by atoms with Crippen LogP contribution in [0.25, 0.3) is 0 Å². The van der Waals surface area contributed by atoms with Gasteiger partial charge >= 0.3 is 11.9 Å². The molecule has 0 heterocycles. The molecule has 1 rings (SSSR count). The van der Waals surface area contributed by atoms with E-state index in [9.17, 15) is 14.8 Å². The van der Waals surface area contributed by atoms with E-state index in [0.29, 0.717) is 6.42 Å². The summed E-state index contributed by atoms with van der Waals surface area (Å²) in [4.78, 5) is 24.4. The number of nitrogens with zero attached hydrogens (tertiary/aromatic N) is 1. The Morgan fingerprint density at radius 3 is 1.74 bits per heavy atom. The van der Waals surface area contributed by atoms with E-state index >= 15 is 0 Å². The zero-order valence-corrected chi connectivity index (χ0v) is 20.2. The van der Waals surface area contributed by atoms with Crippen LogP contribution in [0.15, 0.2) is 30.3 Å². The number of esters is 2. The molecule has 1 aromatic rings. The van der Waals surface area contributed by atoms with Crippen LogP contribution in [0.4, 0.5) is 0 Å². The maximum atomic E-state index is 13.0. The lowest BCUT2D eigenvalue weighted by Crippen LogP contribution is -2.39. The minimum absolute atomic E-state index is 0.105. The topological polar surface area (TPSA) is 78.7 Å². The van der Waals surface area contributed by atoms with Crippen molar-refractivity contribution >= 4 is 18.2 Å². The highest BCUT2D eigenvalue weighted by molar-refractivity contribution is 5.70. The summed E-state index contributed by atoms with van der Waals surface area (Å²) in [6, 6.07) is 9.93. The Hall–Kier alpha value is -2.37. The molecule has 6 nitrogen and oxygen atoms in total. The monoisotopic (exact) mass is 433 g/mol.